The van der Waals surface area contributed by atoms with Crippen molar-refractivity contribution in [2.24, 2.45) is 0 Å². The number of carbonyl (C=O) groups excluding carboxylic acids is 1. The molecule has 0 bridgehead atoms. The highest BCUT2D eigenvalue weighted by molar-refractivity contribution is 6.07. The van der Waals surface area contributed by atoms with Gasteiger partial charge >= 0.3 is 0 Å². The van der Waals surface area contributed by atoms with Crippen molar-refractivity contribution in [3.05, 3.63) is 53.1 Å². The van der Waals surface area contributed by atoms with E-state index >= 15 is 0 Å². The lowest BCUT2D eigenvalue weighted by molar-refractivity contribution is 0.102. The number of halogens is 1. The minimum atomic E-state index is -0.622. The second kappa shape index (κ2) is 6.01. The number of hydrogen-bond donors (Lipinski definition) is 2. The van der Waals surface area contributed by atoms with E-state index in [0.29, 0.717) is 16.9 Å². The zero-order valence-corrected chi connectivity index (χ0v) is 11.6. The van der Waals surface area contributed by atoms with Gasteiger partial charge in [0.2, 0.25) is 0 Å². The van der Waals surface area contributed by atoms with Crippen molar-refractivity contribution in [2.45, 2.75) is 6.92 Å². The molecule has 0 saturated carbocycles. The molecule has 0 aliphatic carbocycles. The summed E-state index contributed by atoms with van der Waals surface area (Å²) in [5.74, 6) is -1.01. The number of nitrogens with one attached hydrogen (secondary N) is 2. The van der Waals surface area contributed by atoms with E-state index in [1.54, 1.807) is 19.2 Å². The number of nitriles is 1. The number of aryl methyl sites for hydroxylation is 1. The molecule has 1 amide bonds. The summed E-state index contributed by atoms with van der Waals surface area (Å²) in [6, 6.07) is 7.30. The van der Waals surface area contributed by atoms with Crippen molar-refractivity contribution >= 4 is 17.3 Å². The molecular weight excluding hydrogens is 271 g/mol. The number of anilines is 2. The molecular formula is C15H13FN4O. The van der Waals surface area contributed by atoms with Gasteiger partial charge in [0, 0.05) is 24.6 Å². The highest BCUT2D eigenvalue weighted by Crippen LogP contribution is 2.19. The molecule has 106 valence electrons. The van der Waals surface area contributed by atoms with Crippen molar-refractivity contribution in [3.63, 3.8) is 0 Å². The van der Waals surface area contributed by atoms with Gasteiger partial charge in [-0.05, 0) is 31.2 Å². The Hall–Kier alpha value is -2.94. The highest BCUT2D eigenvalue weighted by atomic mass is 19.1. The van der Waals surface area contributed by atoms with Gasteiger partial charge < -0.3 is 10.6 Å². The van der Waals surface area contributed by atoms with E-state index in [2.05, 4.69) is 15.6 Å². The van der Waals surface area contributed by atoms with Crippen LogP contribution >= 0.6 is 0 Å². The van der Waals surface area contributed by atoms with Crippen molar-refractivity contribution in [1.29, 1.82) is 5.26 Å². The lowest BCUT2D eigenvalue weighted by Crippen LogP contribution is -2.15. The van der Waals surface area contributed by atoms with E-state index in [9.17, 15) is 9.18 Å². The maximum atomic E-state index is 13.2. The Morgan fingerprint density at radius 1 is 1.38 bits per heavy atom. The molecule has 1 aromatic heterocycles. The second-order valence-corrected chi connectivity index (χ2v) is 4.38. The summed E-state index contributed by atoms with van der Waals surface area (Å²) in [5, 5.41) is 14.3. The Morgan fingerprint density at radius 3 is 2.81 bits per heavy atom. The van der Waals surface area contributed by atoms with Gasteiger partial charge in [-0.15, -0.1) is 0 Å². The molecule has 0 atom stereocenters. The molecule has 2 N–H and O–H groups in total. The second-order valence-electron chi connectivity index (χ2n) is 4.38. The summed E-state index contributed by atoms with van der Waals surface area (Å²) < 4.78 is 13.2. The quantitative estimate of drug-likeness (QED) is 0.908. The van der Waals surface area contributed by atoms with Gasteiger partial charge in [-0.25, -0.2) is 4.39 Å². The summed E-state index contributed by atoms with van der Waals surface area (Å²) in [4.78, 5) is 16.3. The van der Waals surface area contributed by atoms with Crippen LogP contribution in [0.25, 0.3) is 0 Å². The third-order valence-electron chi connectivity index (χ3n) is 2.90. The number of carbonyl (C=O) groups is 1. The lowest BCUT2D eigenvalue weighted by atomic mass is 10.1. The minimum Gasteiger partial charge on any atom is -0.387 e. The molecule has 21 heavy (non-hydrogen) atoms. The molecule has 5 nitrogen and oxygen atoms in total. The van der Waals surface area contributed by atoms with Crippen LogP contribution in [0.15, 0.2) is 30.5 Å². The van der Waals surface area contributed by atoms with Gasteiger partial charge in [0.15, 0.2) is 0 Å². The summed E-state index contributed by atoms with van der Waals surface area (Å²) in [6.07, 6.45) is 1.46. The molecule has 0 aliphatic heterocycles. The first kappa shape index (κ1) is 14.5. The predicted octanol–water partition coefficient (Wildman–Crippen LogP) is 2.69. The molecule has 1 aromatic carbocycles. The molecule has 1 heterocycles. The van der Waals surface area contributed by atoms with E-state index < -0.39 is 5.82 Å². The van der Waals surface area contributed by atoms with Crippen LogP contribution in [-0.4, -0.2) is 17.9 Å². The normalized spacial score (nSPS) is 9.81. The Balaban J connectivity index is 2.28. The number of pyridine rings is 1. The SMILES string of the molecule is CNc1cc(C)ncc1C(=O)Nc1ccc(F)c(C#N)c1. The maximum absolute atomic E-state index is 13.2. The van der Waals surface area contributed by atoms with Crippen LogP contribution in [0.4, 0.5) is 15.8 Å². The van der Waals surface area contributed by atoms with Crippen LogP contribution in [0.1, 0.15) is 21.6 Å². The van der Waals surface area contributed by atoms with Gasteiger partial charge in [-0.2, -0.15) is 5.26 Å². The summed E-state index contributed by atoms with van der Waals surface area (Å²) >= 11 is 0. The lowest BCUT2D eigenvalue weighted by Gasteiger charge is -2.10. The number of benzene rings is 1. The van der Waals surface area contributed by atoms with E-state index in [4.69, 9.17) is 5.26 Å². The van der Waals surface area contributed by atoms with Crippen LogP contribution in [0, 0.1) is 24.1 Å². The van der Waals surface area contributed by atoms with Crippen LogP contribution in [0.2, 0.25) is 0 Å². The molecule has 0 spiro atoms. The fraction of sp³-hybridized carbons (Fsp3) is 0.133. The first-order chi connectivity index (χ1) is 10.0. The first-order valence-electron chi connectivity index (χ1n) is 6.20. The molecule has 6 heteroatoms. The standard InChI is InChI=1S/C15H13FN4O/c1-9-5-14(18-2)12(8-19-9)15(21)20-11-3-4-13(16)10(6-11)7-17/h3-6,8H,1-2H3,(H,18,19)(H,20,21). The molecule has 0 unspecified atom stereocenters. The largest absolute Gasteiger partial charge is 0.387 e. The van der Waals surface area contributed by atoms with Gasteiger partial charge in [0.05, 0.1) is 16.8 Å². The Bertz CT molecular complexity index is 737. The summed E-state index contributed by atoms with van der Waals surface area (Å²) in [5.41, 5.74) is 2.02. The molecule has 2 aromatic rings. The molecule has 0 aliphatic rings. The fourth-order valence-corrected chi connectivity index (χ4v) is 1.83. The molecule has 0 radical (unpaired) electrons. The predicted molar refractivity (Wildman–Crippen MR) is 77.6 cm³/mol. The monoisotopic (exact) mass is 284 g/mol. The average Bonchev–Trinajstić information content (AvgIpc) is 2.48. The van der Waals surface area contributed by atoms with Gasteiger partial charge in [-0.3, -0.25) is 9.78 Å². The molecule has 0 saturated heterocycles. The number of aromatic nitrogens is 1. The zero-order valence-electron chi connectivity index (χ0n) is 11.6. The summed E-state index contributed by atoms with van der Waals surface area (Å²) in [6.45, 7) is 1.82. The smallest absolute Gasteiger partial charge is 0.259 e. The number of amides is 1. The van der Waals surface area contributed by atoms with Gasteiger partial charge in [0.1, 0.15) is 11.9 Å². The zero-order chi connectivity index (χ0) is 15.4. The number of rotatable bonds is 3. The Morgan fingerprint density at radius 2 is 2.14 bits per heavy atom. The molecule has 2 rings (SSSR count). The third-order valence-corrected chi connectivity index (χ3v) is 2.90. The first-order valence-corrected chi connectivity index (χ1v) is 6.20. The van der Waals surface area contributed by atoms with E-state index in [1.165, 1.54) is 18.3 Å². The summed E-state index contributed by atoms with van der Waals surface area (Å²) in [7, 11) is 1.71. The van der Waals surface area contributed by atoms with Gasteiger partial charge in [0.25, 0.3) is 5.91 Å². The number of hydrogen-bond acceptors (Lipinski definition) is 4. The molecule has 0 fully saturated rings. The van der Waals surface area contributed by atoms with E-state index in [0.717, 1.165) is 11.8 Å². The minimum absolute atomic E-state index is 0.122. The van der Waals surface area contributed by atoms with Crippen LogP contribution in [-0.2, 0) is 0 Å². The average molecular weight is 284 g/mol. The van der Waals surface area contributed by atoms with Crippen LogP contribution < -0.4 is 10.6 Å². The maximum Gasteiger partial charge on any atom is 0.259 e. The Kier molecular flexibility index (Phi) is 4.14. The van der Waals surface area contributed by atoms with Crippen LogP contribution in [0.5, 0.6) is 0 Å². The van der Waals surface area contributed by atoms with E-state index in [1.807, 2.05) is 6.92 Å². The van der Waals surface area contributed by atoms with Crippen molar-refractivity contribution < 1.29 is 9.18 Å². The third kappa shape index (κ3) is 3.15. The van der Waals surface area contributed by atoms with Crippen molar-refractivity contribution in [1.82, 2.24) is 4.98 Å². The van der Waals surface area contributed by atoms with Gasteiger partial charge in [-0.1, -0.05) is 0 Å². The van der Waals surface area contributed by atoms with Crippen LogP contribution in [0.3, 0.4) is 0 Å². The van der Waals surface area contributed by atoms with E-state index in [-0.39, 0.29) is 11.5 Å². The topological polar surface area (TPSA) is 77.8 Å². The number of nitrogens with zero attached hydrogens (tertiary/aromatic N) is 2. The highest BCUT2D eigenvalue weighted by Gasteiger charge is 2.13. The Labute approximate surface area is 121 Å². The van der Waals surface area contributed by atoms with Crippen molar-refractivity contribution in [2.75, 3.05) is 17.7 Å². The fourth-order valence-electron chi connectivity index (χ4n) is 1.83. The van der Waals surface area contributed by atoms with Crippen molar-refractivity contribution in [3.8, 4) is 6.07 Å².